The predicted molar refractivity (Wildman–Crippen MR) is 77.5 cm³/mol. The molecule has 20 heavy (non-hydrogen) atoms. The fourth-order valence-electron chi connectivity index (χ4n) is 2.32. The number of benzene rings is 2. The van der Waals surface area contributed by atoms with Gasteiger partial charge in [-0.2, -0.15) is 0 Å². The molecular formula is C17H19F2N. The van der Waals surface area contributed by atoms with Crippen molar-refractivity contribution in [3.05, 3.63) is 70.8 Å². The number of halogens is 2. The van der Waals surface area contributed by atoms with Gasteiger partial charge in [0, 0.05) is 11.6 Å². The summed E-state index contributed by atoms with van der Waals surface area (Å²) in [5.41, 5.74) is 8.55. The van der Waals surface area contributed by atoms with Crippen LogP contribution >= 0.6 is 0 Å². The summed E-state index contributed by atoms with van der Waals surface area (Å²) in [6, 6.07) is 11.8. The minimum Gasteiger partial charge on any atom is -0.327 e. The van der Waals surface area contributed by atoms with E-state index in [1.807, 2.05) is 12.1 Å². The zero-order valence-electron chi connectivity index (χ0n) is 11.6. The minimum atomic E-state index is -0.517. The molecule has 0 saturated heterocycles. The average molecular weight is 275 g/mol. The van der Waals surface area contributed by atoms with E-state index >= 15 is 0 Å². The van der Waals surface area contributed by atoms with Crippen LogP contribution in [0.25, 0.3) is 0 Å². The molecular weight excluding hydrogens is 256 g/mol. The van der Waals surface area contributed by atoms with Crippen LogP contribution in [0.5, 0.6) is 0 Å². The van der Waals surface area contributed by atoms with E-state index in [2.05, 4.69) is 19.1 Å². The Hall–Kier alpha value is -1.74. The van der Waals surface area contributed by atoms with Crippen LogP contribution in [0, 0.1) is 18.6 Å². The summed E-state index contributed by atoms with van der Waals surface area (Å²) in [7, 11) is 0. The summed E-state index contributed by atoms with van der Waals surface area (Å²) >= 11 is 0. The first-order valence-electron chi connectivity index (χ1n) is 6.81. The van der Waals surface area contributed by atoms with Gasteiger partial charge in [-0.1, -0.05) is 30.3 Å². The molecule has 0 aliphatic rings. The van der Waals surface area contributed by atoms with Gasteiger partial charge >= 0.3 is 0 Å². The molecule has 2 N–H and O–H groups in total. The topological polar surface area (TPSA) is 26.0 Å². The van der Waals surface area contributed by atoms with Crippen molar-refractivity contribution in [2.45, 2.75) is 32.2 Å². The SMILES string of the molecule is Cc1ccccc1CCC(N)Cc1c(F)cccc1F. The Morgan fingerprint density at radius 2 is 1.65 bits per heavy atom. The van der Waals surface area contributed by atoms with Crippen LogP contribution < -0.4 is 5.73 Å². The zero-order valence-corrected chi connectivity index (χ0v) is 11.6. The van der Waals surface area contributed by atoms with Crippen LogP contribution in [-0.4, -0.2) is 6.04 Å². The first-order valence-corrected chi connectivity index (χ1v) is 6.81. The van der Waals surface area contributed by atoms with Gasteiger partial charge in [0.05, 0.1) is 0 Å². The van der Waals surface area contributed by atoms with Gasteiger partial charge in [0.1, 0.15) is 11.6 Å². The van der Waals surface area contributed by atoms with Crippen molar-refractivity contribution in [3.63, 3.8) is 0 Å². The average Bonchev–Trinajstić information content (AvgIpc) is 2.42. The molecule has 0 saturated carbocycles. The number of hydrogen-bond donors (Lipinski definition) is 1. The van der Waals surface area contributed by atoms with Gasteiger partial charge in [0.25, 0.3) is 0 Å². The van der Waals surface area contributed by atoms with Gasteiger partial charge < -0.3 is 5.73 Å². The van der Waals surface area contributed by atoms with Crippen LogP contribution in [0.3, 0.4) is 0 Å². The van der Waals surface area contributed by atoms with Crippen molar-refractivity contribution in [2.75, 3.05) is 0 Å². The number of aryl methyl sites for hydroxylation is 2. The molecule has 0 spiro atoms. The molecule has 1 nitrogen and oxygen atoms in total. The molecule has 1 atom stereocenters. The second-order valence-electron chi connectivity index (χ2n) is 5.13. The smallest absolute Gasteiger partial charge is 0.129 e. The Bertz CT molecular complexity index is 561. The maximum atomic E-state index is 13.5. The fourth-order valence-corrected chi connectivity index (χ4v) is 2.32. The molecule has 0 amide bonds. The lowest BCUT2D eigenvalue weighted by Gasteiger charge is -2.13. The lowest BCUT2D eigenvalue weighted by atomic mass is 9.97. The molecule has 0 fully saturated rings. The highest BCUT2D eigenvalue weighted by molar-refractivity contribution is 5.26. The highest BCUT2D eigenvalue weighted by Crippen LogP contribution is 2.16. The maximum absolute atomic E-state index is 13.5. The standard InChI is InChI=1S/C17H19F2N/c1-12-5-2-3-6-13(12)9-10-14(20)11-15-16(18)7-4-8-17(15)19/h2-8,14H,9-11,20H2,1H3. The maximum Gasteiger partial charge on any atom is 0.129 e. The molecule has 1 unspecified atom stereocenters. The summed E-state index contributed by atoms with van der Waals surface area (Å²) in [5, 5.41) is 0. The summed E-state index contributed by atoms with van der Waals surface area (Å²) in [6.45, 7) is 2.05. The number of rotatable bonds is 5. The summed E-state index contributed by atoms with van der Waals surface area (Å²) in [4.78, 5) is 0. The van der Waals surface area contributed by atoms with E-state index in [1.165, 1.54) is 29.3 Å². The van der Waals surface area contributed by atoms with E-state index in [4.69, 9.17) is 5.73 Å². The zero-order chi connectivity index (χ0) is 14.5. The molecule has 2 aromatic carbocycles. The van der Waals surface area contributed by atoms with Gasteiger partial charge in [-0.15, -0.1) is 0 Å². The molecule has 3 heteroatoms. The van der Waals surface area contributed by atoms with Gasteiger partial charge in [-0.05, 0) is 49.4 Å². The highest BCUT2D eigenvalue weighted by atomic mass is 19.1. The number of nitrogens with two attached hydrogens (primary N) is 1. The molecule has 0 aromatic heterocycles. The van der Waals surface area contributed by atoms with Crippen molar-refractivity contribution in [2.24, 2.45) is 5.73 Å². The third-order valence-electron chi connectivity index (χ3n) is 3.57. The Balaban J connectivity index is 1.96. The quantitative estimate of drug-likeness (QED) is 0.883. The van der Waals surface area contributed by atoms with Crippen LogP contribution in [0.1, 0.15) is 23.1 Å². The largest absolute Gasteiger partial charge is 0.327 e. The highest BCUT2D eigenvalue weighted by Gasteiger charge is 2.13. The monoisotopic (exact) mass is 275 g/mol. The van der Waals surface area contributed by atoms with Crippen molar-refractivity contribution in [3.8, 4) is 0 Å². The molecule has 0 aliphatic carbocycles. The Morgan fingerprint density at radius 3 is 2.30 bits per heavy atom. The van der Waals surface area contributed by atoms with E-state index in [9.17, 15) is 8.78 Å². The molecule has 0 radical (unpaired) electrons. The molecule has 2 rings (SSSR count). The van der Waals surface area contributed by atoms with Crippen molar-refractivity contribution < 1.29 is 8.78 Å². The van der Waals surface area contributed by atoms with Gasteiger partial charge in [0.15, 0.2) is 0 Å². The third-order valence-corrected chi connectivity index (χ3v) is 3.57. The van der Waals surface area contributed by atoms with Gasteiger partial charge in [-0.25, -0.2) is 8.78 Å². The van der Waals surface area contributed by atoms with Gasteiger partial charge in [-0.3, -0.25) is 0 Å². The van der Waals surface area contributed by atoms with Crippen LogP contribution in [0.15, 0.2) is 42.5 Å². The Kier molecular flexibility index (Phi) is 4.85. The van der Waals surface area contributed by atoms with E-state index in [1.54, 1.807) is 0 Å². The Labute approximate surface area is 118 Å². The lowest BCUT2D eigenvalue weighted by molar-refractivity contribution is 0.523. The molecule has 2 aromatic rings. The summed E-state index contributed by atoms with van der Waals surface area (Å²) < 4.78 is 27.1. The van der Waals surface area contributed by atoms with E-state index in [-0.39, 0.29) is 18.0 Å². The first-order chi connectivity index (χ1) is 9.58. The number of hydrogen-bond acceptors (Lipinski definition) is 1. The summed E-state index contributed by atoms with van der Waals surface area (Å²) in [6.07, 6.45) is 1.76. The van der Waals surface area contributed by atoms with Crippen LogP contribution in [0.4, 0.5) is 8.78 Å². The normalized spacial score (nSPS) is 12.4. The Morgan fingerprint density at radius 1 is 1.00 bits per heavy atom. The van der Waals surface area contributed by atoms with Crippen molar-refractivity contribution in [1.82, 2.24) is 0 Å². The van der Waals surface area contributed by atoms with Gasteiger partial charge in [0.2, 0.25) is 0 Å². The molecule has 0 heterocycles. The van der Waals surface area contributed by atoms with E-state index in [0.29, 0.717) is 6.42 Å². The van der Waals surface area contributed by atoms with Crippen molar-refractivity contribution in [1.29, 1.82) is 0 Å². The van der Waals surface area contributed by atoms with E-state index < -0.39 is 11.6 Å². The predicted octanol–water partition coefficient (Wildman–Crippen LogP) is 3.78. The third kappa shape index (κ3) is 3.64. The summed E-state index contributed by atoms with van der Waals surface area (Å²) in [5.74, 6) is -1.03. The minimum absolute atomic E-state index is 0.0878. The fraction of sp³-hybridized carbons (Fsp3) is 0.294. The first kappa shape index (κ1) is 14.7. The molecule has 0 bridgehead atoms. The molecule has 0 aliphatic heterocycles. The second kappa shape index (κ2) is 6.62. The van der Waals surface area contributed by atoms with Crippen LogP contribution in [0.2, 0.25) is 0 Å². The second-order valence-corrected chi connectivity index (χ2v) is 5.13. The van der Waals surface area contributed by atoms with Crippen molar-refractivity contribution >= 4 is 0 Å². The van der Waals surface area contributed by atoms with E-state index in [0.717, 1.165) is 6.42 Å². The lowest BCUT2D eigenvalue weighted by Crippen LogP contribution is -2.24. The van der Waals surface area contributed by atoms with Crippen LogP contribution in [-0.2, 0) is 12.8 Å². The molecule has 106 valence electrons.